The lowest BCUT2D eigenvalue weighted by Crippen LogP contribution is -2.42. The molecule has 0 spiro atoms. The number of ether oxygens (including phenoxy) is 1. The summed E-state index contributed by atoms with van der Waals surface area (Å²) in [7, 11) is 0. The zero-order chi connectivity index (χ0) is 21.3. The molecule has 9 nitrogen and oxygen atoms in total. The lowest BCUT2D eigenvalue weighted by molar-refractivity contribution is -0.127. The minimum Gasteiger partial charge on any atom is -0.449 e. The minimum absolute atomic E-state index is 0.00129. The normalized spacial score (nSPS) is 13.7. The Labute approximate surface area is 169 Å². The fraction of sp³-hybridized carbons (Fsp3) is 0.105. The van der Waals surface area contributed by atoms with Gasteiger partial charge in [0, 0.05) is 0 Å². The van der Waals surface area contributed by atoms with Gasteiger partial charge >= 0.3 is 12.0 Å². The number of halogens is 1. The third kappa shape index (κ3) is 3.81. The van der Waals surface area contributed by atoms with Crippen LogP contribution in [0.3, 0.4) is 0 Å². The molecular formula is C19H14ClN3O6. The van der Waals surface area contributed by atoms with Crippen LogP contribution in [0.4, 0.5) is 10.5 Å². The predicted octanol–water partition coefficient (Wildman–Crippen LogP) is 1.88. The number of anilines is 1. The highest BCUT2D eigenvalue weighted by atomic mass is 35.5. The summed E-state index contributed by atoms with van der Waals surface area (Å²) in [5.41, 5.74) is 5.11. The van der Waals surface area contributed by atoms with E-state index in [1.54, 1.807) is 23.5 Å². The molecule has 29 heavy (non-hydrogen) atoms. The van der Waals surface area contributed by atoms with E-state index >= 15 is 0 Å². The first-order chi connectivity index (χ1) is 13.7. The maximum absolute atomic E-state index is 12.8. The van der Waals surface area contributed by atoms with Crippen LogP contribution in [0.15, 0.2) is 42.5 Å². The van der Waals surface area contributed by atoms with Gasteiger partial charge in [0.2, 0.25) is 0 Å². The van der Waals surface area contributed by atoms with Gasteiger partial charge in [0.15, 0.2) is 6.10 Å². The van der Waals surface area contributed by atoms with Gasteiger partial charge in [-0.2, -0.15) is 0 Å². The van der Waals surface area contributed by atoms with Gasteiger partial charge in [-0.05, 0) is 37.3 Å². The van der Waals surface area contributed by atoms with Crippen LogP contribution in [0.5, 0.6) is 0 Å². The summed E-state index contributed by atoms with van der Waals surface area (Å²) in [6.07, 6.45) is -1.31. The molecule has 1 aliphatic heterocycles. The summed E-state index contributed by atoms with van der Waals surface area (Å²) in [6.45, 7) is 1.25. The van der Waals surface area contributed by atoms with Crippen molar-refractivity contribution in [1.29, 1.82) is 0 Å². The van der Waals surface area contributed by atoms with Gasteiger partial charge < -0.3 is 10.5 Å². The van der Waals surface area contributed by atoms with Gasteiger partial charge in [0.05, 0.1) is 27.4 Å². The Morgan fingerprint density at radius 2 is 1.72 bits per heavy atom. The molecule has 148 valence electrons. The second-order valence-electron chi connectivity index (χ2n) is 6.06. The van der Waals surface area contributed by atoms with Crippen LogP contribution in [0, 0.1) is 0 Å². The molecule has 0 saturated carbocycles. The van der Waals surface area contributed by atoms with Crippen LogP contribution >= 0.6 is 11.6 Å². The van der Waals surface area contributed by atoms with Crippen molar-refractivity contribution < 1.29 is 28.7 Å². The summed E-state index contributed by atoms with van der Waals surface area (Å²) in [5.74, 6) is -3.04. The Kier molecular flexibility index (Phi) is 5.33. The van der Waals surface area contributed by atoms with E-state index in [-0.39, 0.29) is 27.4 Å². The van der Waals surface area contributed by atoms with Crippen LogP contribution in [-0.2, 0) is 9.53 Å². The fourth-order valence-electron chi connectivity index (χ4n) is 2.72. The first-order valence-electron chi connectivity index (χ1n) is 8.29. The van der Waals surface area contributed by atoms with Crippen LogP contribution in [0.25, 0.3) is 0 Å². The molecule has 5 amide bonds. The second kappa shape index (κ2) is 7.72. The van der Waals surface area contributed by atoms with Crippen molar-refractivity contribution in [2.45, 2.75) is 13.0 Å². The Morgan fingerprint density at radius 3 is 2.38 bits per heavy atom. The number of esters is 1. The lowest BCUT2D eigenvalue weighted by atomic mass is 10.1. The molecule has 0 radical (unpaired) electrons. The quantitative estimate of drug-likeness (QED) is 0.578. The topological polar surface area (TPSA) is 136 Å². The van der Waals surface area contributed by atoms with Crippen molar-refractivity contribution in [3.63, 3.8) is 0 Å². The summed E-state index contributed by atoms with van der Waals surface area (Å²) < 4.78 is 4.96. The number of primary amides is 1. The summed E-state index contributed by atoms with van der Waals surface area (Å²) in [5, 5.41) is 2.01. The molecule has 3 N–H and O–H groups in total. The molecule has 0 fully saturated rings. The van der Waals surface area contributed by atoms with E-state index in [1.807, 2.05) is 0 Å². The Hall–Kier alpha value is -3.72. The van der Waals surface area contributed by atoms with Crippen LogP contribution in [0.1, 0.15) is 38.0 Å². The number of hydrogen-bond donors (Lipinski definition) is 2. The Bertz CT molecular complexity index is 1070. The maximum Gasteiger partial charge on any atom is 0.338 e. The predicted molar refractivity (Wildman–Crippen MR) is 102 cm³/mol. The SMILES string of the molecule is C[C@H](OC(=O)c1ccc2c(c1)C(=O)N(c1ccccc1Cl)C2=O)C(=O)NC(N)=O. The van der Waals surface area contributed by atoms with Gasteiger partial charge in [-0.25, -0.2) is 14.5 Å². The van der Waals surface area contributed by atoms with Gasteiger partial charge in [-0.1, -0.05) is 23.7 Å². The first-order valence-corrected chi connectivity index (χ1v) is 8.67. The number of rotatable bonds is 4. The van der Waals surface area contributed by atoms with Crippen molar-refractivity contribution >= 4 is 47.0 Å². The number of para-hydroxylation sites is 1. The van der Waals surface area contributed by atoms with E-state index < -0.39 is 35.8 Å². The molecule has 0 saturated heterocycles. The van der Waals surface area contributed by atoms with E-state index in [2.05, 4.69) is 0 Å². The highest BCUT2D eigenvalue weighted by molar-refractivity contribution is 6.39. The van der Waals surface area contributed by atoms with E-state index in [4.69, 9.17) is 22.1 Å². The number of fused-ring (bicyclic) bond motifs is 1. The van der Waals surface area contributed by atoms with Crippen LogP contribution < -0.4 is 16.0 Å². The summed E-state index contributed by atoms with van der Waals surface area (Å²) >= 11 is 6.09. The van der Waals surface area contributed by atoms with Gasteiger partial charge in [-0.3, -0.25) is 19.7 Å². The molecular weight excluding hydrogens is 402 g/mol. The molecule has 0 aromatic heterocycles. The number of amides is 5. The van der Waals surface area contributed by atoms with Crippen molar-refractivity contribution in [3.8, 4) is 0 Å². The number of imide groups is 2. The zero-order valence-corrected chi connectivity index (χ0v) is 15.7. The number of urea groups is 1. The van der Waals surface area contributed by atoms with Crippen molar-refractivity contribution in [3.05, 3.63) is 64.2 Å². The number of nitrogens with zero attached hydrogens (tertiary/aromatic N) is 1. The number of hydrogen-bond acceptors (Lipinski definition) is 6. The standard InChI is InChI=1S/C19H14ClN3O6/c1-9(15(24)22-19(21)28)29-18(27)10-6-7-11-12(8-10)17(26)23(16(11)25)14-5-3-2-4-13(14)20/h2-9H,1H3,(H3,21,22,24,28)/t9-/m0/s1. The fourth-order valence-corrected chi connectivity index (χ4v) is 2.95. The largest absolute Gasteiger partial charge is 0.449 e. The van der Waals surface area contributed by atoms with E-state index in [1.165, 1.54) is 31.2 Å². The molecule has 10 heteroatoms. The summed E-state index contributed by atoms with van der Waals surface area (Å²) in [6, 6.07) is 9.09. The smallest absolute Gasteiger partial charge is 0.338 e. The van der Waals surface area contributed by atoms with Crippen molar-refractivity contribution in [2.24, 2.45) is 5.73 Å². The monoisotopic (exact) mass is 415 g/mol. The zero-order valence-electron chi connectivity index (χ0n) is 15.0. The molecule has 1 atom stereocenters. The second-order valence-corrected chi connectivity index (χ2v) is 6.47. The van der Waals surface area contributed by atoms with Gasteiger partial charge in [0.25, 0.3) is 17.7 Å². The number of carbonyl (C=O) groups is 5. The number of benzene rings is 2. The first kappa shape index (κ1) is 20.0. The van der Waals surface area contributed by atoms with Crippen molar-refractivity contribution in [2.75, 3.05) is 4.90 Å². The average molecular weight is 416 g/mol. The molecule has 1 aliphatic rings. The summed E-state index contributed by atoms with van der Waals surface area (Å²) in [4.78, 5) is 61.0. The number of carbonyl (C=O) groups excluding carboxylic acids is 5. The van der Waals surface area contributed by atoms with Crippen LogP contribution in [0.2, 0.25) is 5.02 Å². The van der Waals surface area contributed by atoms with E-state index in [9.17, 15) is 24.0 Å². The molecule has 0 unspecified atom stereocenters. The number of nitrogens with two attached hydrogens (primary N) is 1. The molecule has 0 aliphatic carbocycles. The highest BCUT2D eigenvalue weighted by Crippen LogP contribution is 2.33. The molecule has 2 aromatic carbocycles. The van der Waals surface area contributed by atoms with E-state index in [0.717, 1.165) is 4.90 Å². The lowest BCUT2D eigenvalue weighted by Gasteiger charge is -2.15. The molecule has 3 rings (SSSR count). The minimum atomic E-state index is -1.31. The molecule has 0 bridgehead atoms. The van der Waals surface area contributed by atoms with E-state index in [0.29, 0.717) is 0 Å². The highest BCUT2D eigenvalue weighted by Gasteiger charge is 2.38. The number of nitrogens with one attached hydrogen (secondary N) is 1. The van der Waals surface area contributed by atoms with Crippen molar-refractivity contribution in [1.82, 2.24) is 5.32 Å². The third-order valence-electron chi connectivity index (χ3n) is 4.12. The third-order valence-corrected chi connectivity index (χ3v) is 4.43. The molecule has 1 heterocycles. The maximum atomic E-state index is 12.8. The van der Waals surface area contributed by atoms with Gasteiger partial charge in [0.1, 0.15) is 0 Å². The Balaban J connectivity index is 1.85. The molecule has 2 aromatic rings. The Morgan fingerprint density at radius 1 is 1.07 bits per heavy atom. The van der Waals surface area contributed by atoms with Crippen LogP contribution in [-0.4, -0.2) is 35.8 Å². The average Bonchev–Trinajstić information content (AvgIpc) is 2.92. The van der Waals surface area contributed by atoms with Gasteiger partial charge in [-0.15, -0.1) is 0 Å².